The third kappa shape index (κ3) is 3.17. The minimum Gasteiger partial charge on any atom is -0.494 e. The number of allylic oxidation sites excluding steroid dienone is 1. The molecule has 0 saturated heterocycles. The molecule has 7 heteroatoms. The Bertz CT molecular complexity index is 1500. The molecule has 4 aromatic rings. The fraction of sp³-hybridized carbons (Fsp3) is 0.0417. The summed E-state index contributed by atoms with van der Waals surface area (Å²) in [6.07, 6.45) is 0. The zero-order valence-corrected chi connectivity index (χ0v) is 17.6. The van der Waals surface area contributed by atoms with Gasteiger partial charge in [-0.15, -0.1) is 0 Å². The smallest absolute Gasteiger partial charge is 0.201 e. The Morgan fingerprint density at radius 1 is 0.903 bits per heavy atom. The minimum atomic E-state index is -0.0670. The zero-order chi connectivity index (χ0) is 21.5. The Hall–Kier alpha value is -3.59. The number of hydrogen-bond donors (Lipinski definition) is 1. The second-order valence-corrected chi connectivity index (χ2v) is 7.84. The van der Waals surface area contributed by atoms with Crippen LogP contribution in [0.15, 0.2) is 82.5 Å². The normalized spacial score (nSPS) is 12.2. The molecule has 0 atom stereocenters. The summed E-state index contributed by atoms with van der Waals surface area (Å²) in [6.45, 7) is 0.243. The molecule has 31 heavy (non-hydrogen) atoms. The summed E-state index contributed by atoms with van der Waals surface area (Å²) in [4.78, 5) is 8.99. The van der Waals surface area contributed by atoms with Crippen LogP contribution in [-0.2, 0) is 6.54 Å². The Kier molecular flexibility index (Phi) is 4.74. The van der Waals surface area contributed by atoms with Crippen LogP contribution in [0.3, 0.4) is 0 Å². The molecule has 0 spiro atoms. The molecule has 1 N–H and O–H groups in total. The number of nitrogens with zero attached hydrogens (tertiary/aromatic N) is 4. The van der Waals surface area contributed by atoms with Crippen molar-refractivity contribution in [3.63, 3.8) is 0 Å². The maximum atomic E-state index is 11.2. The molecule has 0 saturated carbocycles. The maximum absolute atomic E-state index is 11.2. The predicted octanol–water partition coefficient (Wildman–Crippen LogP) is 4.85. The molecule has 3 aromatic carbocycles. The highest BCUT2D eigenvalue weighted by molar-refractivity contribution is 6.36. The van der Waals surface area contributed by atoms with Crippen molar-refractivity contribution < 1.29 is 5.11 Å². The van der Waals surface area contributed by atoms with Crippen LogP contribution in [0.5, 0.6) is 5.88 Å². The molecule has 5 nitrogen and oxygen atoms in total. The number of halogens is 2. The molecular weight excluding hydrogens is 431 g/mol. The highest BCUT2D eigenvalue weighted by Gasteiger charge is 2.24. The third-order valence-electron chi connectivity index (χ3n) is 5.24. The first-order chi connectivity index (χ1) is 15.1. The fourth-order valence-electron chi connectivity index (χ4n) is 3.77. The largest absolute Gasteiger partial charge is 0.494 e. The average Bonchev–Trinajstić information content (AvgIpc) is 3.31. The second kappa shape index (κ2) is 7.59. The van der Waals surface area contributed by atoms with Crippen molar-refractivity contribution in [1.29, 1.82) is 5.26 Å². The molecule has 0 radical (unpaired) electrons. The molecule has 1 aromatic heterocycles. The van der Waals surface area contributed by atoms with Gasteiger partial charge in [-0.2, -0.15) is 5.26 Å². The van der Waals surface area contributed by atoms with Crippen molar-refractivity contribution >= 4 is 39.7 Å². The standard InChI is InChI=1S/C24H14Cl2N4O/c25-17-7-5-8-18(26)16(17)13-30-21-11-4-1-6-14(21)22(24(30)31)15(12-27)23-28-19-9-2-3-10-20(19)29-23/h1-11,31H,13H2. The van der Waals surface area contributed by atoms with Gasteiger partial charge in [0.25, 0.3) is 0 Å². The molecule has 150 valence electrons. The van der Waals surface area contributed by atoms with Crippen LogP contribution >= 0.6 is 23.2 Å². The van der Waals surface area contributed by atoms with E-state index in [-0.39, 0.29) is 23.8 Å². The van der Waals surface area contributed by atoms with Crippen molar-refractivity contribution in [3.05, 3.63) is 104 Å². The third-order valence-corrected chi connectivity index (χ3v) is 5.95. The maximum Gasteiger partial charge on any atom is 0.201 e. The lowest BCUT2D eigenvalue weighted by atomic mass is 10.1. The van der Waals surface area contributed by atoms with Crippen LogP contribution in [-0.4, -0.2) is 9.67 Å². The summed E-state index contributed by atoms with van der Waals surface area (Å²) in [5.74, 6) is 0.209. The van der Waals surface area contributed by atoms with E-state index in [0.29, 0.717) is 37.3 Å². The van der Waals surface area contributed by atoms with Gasteiger partial charge in [0.15, 0.2) is 5.82 Å². The molecule has 0 aliphatic carbocycles. The van der Waals surface area contributed by atoms with Crippen LogP contribution in [0.2, 0.25) is 10.0 Å². The molecule has 0 unspecified atom stereocenters. The van der Waals surface area contributed by atoms with E-state index in [1.807, 2.05) is 48.5 Å². The summed E-state index contributed by atoms with van der Waals surface area (Å²) < 4.78 is 1.69. The Morgan fingerprint density at radius 3 is 2.16 bits per heavy atom. The Morgan fingerprint density at radius 2 is 1.52 bits per heavy atom. The van der Waals surface area contributed by atoms with Gasteiger partial charge in [0.1, 0.15) is 11.6 Å². The number of nitriles is 1. The van der Waals surface area contributed by atoms with Crippen LogP contribution in [0.25, 0.3) is 16.5 Å². The first-order valence-corrected chi connectivity index (χ1v) is 10.2. The van der Waals surface area contributed by atoms with Crippen molar-refractivity contribution in [2.24, 2.45) is 9.98 Å². The van der Waals surface area contributed by atoms with E-state index in [0.717, 1.165) is 5.52 Å². The molecule has 1 aliphatic rings. The Labute approximate surface area is 187 Å². The zero-order valence-electron chi connectivity index (χ0n) is 16.0. The van der Waals surface area contributed by atoms with Gasteiger partial charge >= 0.3 is 0 Å². The summed E-state index contributed by atoms with van der Waals surface area (Å²) in [5.41, 5.74) is 2.02. The van der Waals surface area contributed by atoms with Gasteiger partial charge in [-0.25, -0.2) is 9.98 Å². The van der Waals surface area contributed by atoms with Gasteiger partial charge in [-0.1, -0.05) is 59.6 Å². The van der Waals surface area contributed by atoms with E-state index in [2.05, 4.69) is 16.1 Å². The summed E-state index contributed by atoms with van der Waals surface area (Å²) in [5, 5.41) is 24.3. The number of para-hydroxylation sites is 3. The van der Waals surface area contributed by atoms with E-state index < -0.39 is 0 Å². The van der Waals surface area contributed by atoms with Gasteiger partial charge in [0.05, 0.1) is 28.3 Å². The second-order valence-electron chi connectivity index (χ2n) is 7.02. The SMILES string of the molecule is N#CC(=C1N=c2ccccc2=N1)c1c(O)n(Cc2c(Cl)cccc2Cl)c2ccccc12. The fourth-order valence-corrected chi connectivity index (χ4v) is 4.29. The van der Waals surface area contributed by atoms with E-state index in [1.165, 1.54) is 0 Å². The van der Waals surface area contributed by atoms with Crippen LogP contribution in [0, 0.1) is 11.3 Å². The van der Waals surface area contributed by atoms with Crippen molar-refractivity contribution in [1.82, 2.24) is 4.57 Å². The first-order valence-electron chi connectivity index (χ1n) is 9.49. The lowest BCUT2D eigenvalue weighted by molar-refractivity contribution is 0.427. The summed E-state index contributed by atoms with van der Waals surface area (Å²) in [7, 11) is 0. The lowest BCUT2D eigenvalue weighted by Gasteiger charge is -2.11. The average molecular weight is 445 g/mol. The number of rotatable bonds is 3. The number of benzene rings is 3. The highest BCUT2D eigenvalue weighted by Crippen LogP contribution is 2.39. The topological polar surface area (TPSA) is 73.7 Å². The van der Waals surface area contributed by atoms with Gasteiger partial charge in [0.2, 0.25) is 5.88 Å². The van der Waals surface area contributed by atoms with Crippen LogP contribution < -0.4 is 10.7 Å². The monoisotopic (exact) mass is 444 g/mol. The summed E-state index contributed by atoms with van der Waals surface area (Å²) in [6, 6.07) is 22.3. The van der Waals surface area contributed by atoms with Gasteiger partial charge < -0.3 is 9.67 Å². The van der Waals surface area contributed by atoms with Gasteiger partial charge in [-0.05, 0) is 30.3 Å². The number of hydrogen-bond acceptors (Lipinski definition) is 4. The van der Waals surface area contributed by atoms with E-state index in [4.69, 9.17) is 23.2 Å². The van der Waals surface area contributed by atoms with Crippen molar-refractivity contribution in [3.8, 4) is 11.9 Å². The van der Waals surface area contributed by atoms with E-state index in [1.54, 1.807) is 22.8 Å². The number of aromatic nitrogens is 1. The Balaban J connectivity index is 1.76. The molecule has 0 amide bonds. The van der Waals surface area contributed by atoms with Crippen molar-refractivity contribution in [2.45, 2.75) is 6.54 Å². The quantitative estimate of drug-likeness (QED) is 0.458. The van der Waals surface area contributed by atoms with Crippen LogP contribution in [0.4, 0.5) is 0 Å². The lowest BCUT2D eigenvalue weighted by Crippen LogP contribution is -2.19. The van der Waals surface area contributed by atoms with Crippen molar-refractivity contribution in [2.75, 3.05) is 0 Å². The number of fused-ring (bicyclic) bond motifs is 2. The van der Waals surface area contributed by atoms with Gasteiger partial charge in [0, 0.05) is 21.0 Å². The minimum absolute atomic E-state index is 0.0670. The van der Waals surface area contributed by atoms with Crippen LogP contribution in [0.1, 0.15) is 11.1 Å². The molecule has 0 bridgehead atoms. The predicted molar refractivity (Wildman–Crippen MR) is 120 cm³/mol. The molecule has 1 aliphatic heterocycles. The van der Waals surface area contributed by atoms with Gasteiger partial charge in [-0.3, -0.25) is 0 Å². The molecule has 2 heterocycles. The molecule has 5 rings (SSSR count). The highest BCUT2D eigenvalue weighted by atomic mass is 35.5. The van der Waals surface area contributed by atoms with E-state index >= 15 is 0 Å². The first kappa shape index (κ1) is 19.4. The molecular formula is C24H14Cl2N4O. The number of aromatic hydroxyl groups is 1. The molecule has 0 fully saturated rings. The van der Waals surface area contributed by atoms with E-state index in [9.17, 15) is 10.4 Å². The summed E-state index contributed by atoms with van der Waals surface area (Å²) >= 11 is 12.7.